The number of benzene rings is 2. The highest BCUT2D eigenvalue weighted by Gasteiger charge is 2.34. The lowest BCUT2D eigenvalue weighted by atomic mass is 9.99. The minimum absolute atomic E-state index is 0.0780. The smallest absolute Gasteiger partial charge is 0.404 e. The molecule has 11 heteroatoms. The van der Waals surface area contributed by atoms with Gasteiger partial charge in [0.25, 0.3) is 5.91 Å². The second-order valence-corrected chi connectivity index (χ2v) is 10.9. The molecule has 0 aliphatic carbocycles. The zero-order valence-electron chi connectivity index (χ0n) is 23.8. The van der Waals surface area contributed by atoms with Gasteiger partial charge in [0.15, 0.2) is 5.75 Å². The molecule has 0 saturated carbocycles. The number of aromatic nitrogens is 1. The van der Waals surface area contributed by atoms with Crippen LogP contribution >= 0.6 is 0 Å². The Kier molecular flexibility index (Phi) is 8.77. The number of piperazine rings is 1. The topological polar surface area (TPSA) is 81.2 Å². The number of ether oxygens (including phenoxy) is 1. The number of halogens is 3. The maximum absolute atomic E-state index is 13.7. The van der Waals surface area contributed by atoms with Crippen molar-refractivity contribution < 1.29 is 27.8 Å². The molecule has 1 atom stereocenters. The average molecular weight is 584 g/mol. The van der Waals surface area contributed by atoms with Gasteiger partial charge < -0.3 is 29.9 Å². The normalized spacial score (nSPS) is 18.2. The van der Waals surface area contributed by atoms with Crippen LogP contribution < -0.4 is 19.9 Å². The second-order valence-electron chi connectivity index (χ2n) is 10.9. The maximum atomic E-state index is 13.7. The SMILES string of the molecule is Cc1cc(C)c(C(=O)N2CCN(c3ccccn3)[C@H](CO)C2)cc1NC1CCN(c2ccccc2OC(F)(F)F)CC1. The minimum Gasteiger partial charge on any atom is -0.404 e. The van der Waals surface area contributed by atoms with Crippen LogP contribution in [0.25, 0.3) is 0 Å². The number of piperidine rings is 1. The van der Waals surface area contributed by atoms with Crippen molar-refractivity contribution in [3.8, 4) is 5.75 Å². The Bertz CT molecular complexity index is 1380. The van der Waals surface area contributed by atoms with E-state index in [-0.39, 0.29) is 30.3 Å². The molecule has 0 unspecified atom stereocenters. The van der Waals surface area contributed by atoms with Crippen LogP contribution in [0.1, 0.15) is 34.3 Å². The largest absolute Gasteiger partial charge is 0.573 e. The van der Waals surface area contributed by atoms with E-state index in [0.29, 0.717) is 56.8 Å². The first-order chi connectivity index (χ1) is 20.1. The average Bonchev–Trinajstić information content (AvgIpc) is 2.98. The van der Waals surface area contributed by atoms with Crippen LogP contribution in [0.2, 0.25) is 0 Å². The summed E-state index contributed by atoms with van der Waals surface area (Å²) in [5, 5.41) is 13.7. The number of carbonyl (C=O) groups is 1. The van der Waals surface area contributed by atoms with E-state index < -0.39 is 6.36 Å². The van der Waals surface area contributed by atoms with Crippen molar-refractivity contribution in [2.45, 2.75) is 45.1 Å². The van der Waals surface area contributed by atoms with Gasteiger partial charge in [0.2, 0.25) is 0 Å². The number of aliphatic hydroxyl groups is 1. The summed E-state index contributed by atoms with van der Waals surface area (Å²) in [6.07, 6.45) is -1.61. The van der Waals surface area contributed by atoms with Gasteiger partial charge in [0.1, 0.15) is 5.82 Å². The van der Waals surface area contributed by atoms with Crippen molar-refractivity contribution in [3.05, 3.63) is 77.5 Å². The Balaban J connectivity index is 1.24. The number of alkyl halides is 3. The highest BCUT2D eigenvalue weighted by molar-refractivity contribution is 5.97. The van der Waals surface area contributed by atoms with Crippen LogP contribution in [0.5, 0.6) is 5.75 Å². The molecule has 2 N–H and O–H groups in total. The first-order valence-electron chi connectivity index (χ1n) is 14.2. The molecule has 1 aromatic heterocycles. The molecule has 2 aromatic carbocycles. The van der Waals surface area contributed by atoms with E-state index >= 15 is 0 Å². The van der Waals surface area contributed by atoms with Crippen LogP contribution in [0, 0.1) is 13.8 Å². The Labute approximate surface area is 243 Å². The Morgan fingerprint density at radius 2 is 1.76 bits per heavy atom. The Morgan fingerprint density at radius 1 is 1.02 bits per heavy atom. The summed E-state index contributed by atoms with van der Waals surface area (Å²) in [4.78, 5) is 23.9. The van der Waals surface area contributed by atoms with Crippen molar-refractivity contribution in [1.82, 2.24) is 9.88 Å². The van der Waals surface area contributed by atoms with Crippen molar-refractivity contribution >= 4 is 23.1 Å². The number of rotatable bonds is 7. The molecule has 0 spiro atoms. The van der Waals surface area contributed by atoms with Gasteiger partial charge in [-0.3, -0.25) is 4.79 Å². The van der Waals surface area contributed by atoms with Crippen LogP contribution in [-0.2, 0) is 0 Å². The van der Waals surface area contributed by atoms with E-state index in [1.54, 1.807) is 23.2 Å². The van der Waals surface area contributed by atoms with E-state index in [1.165, 1.54) is 12.1 Å². The van der Waals surface area contributed by atoms with Crippen molar-refractivity contribution in [1.29, 1.82) is 0 Å². The van der Waals surface area contributed by atoms with Crippen LogP contribution in [0.15, 0.2) is 60.8 Å². The van der Waals surface area contributed by atoms with Gasteiger partial charge in [0, 0.05) is 56.2 Å². The fourth-order valence-electron chi connectivity index (χ4n) is 5.84. The first-order valence-corrected chi connectivity index (χ1v) is 14.2. The summed E-state index contributed by atoms with van der Waals surface area (Å²) < 4.78 is 42.9. The molecule has 42 heavy (non-hydrogen) atoms. The predicted molar refractivity (Wildman–Crippen MR) is 156 cm³/mol. The van der Waals surface area contributed by atoms with Gasteiger partial charge in [-0.2, -0.15) is 0 Å². The number of pyridine rings is 1. The first kappa shape index (κ1) is 29.5. The number of anilines is 3. The van der Waals surface area contributed by atoms with Crippen LogP contribution in [0.4, 0.5) is 30.4 Å². The number of aryl methyl sites for hydroxylation is 2. The molecule has 8 nitrogen and oxygen atoms in total. The van der Waals surface area contributed by atoms with Gasteiger partial charge in [-0.1, -0.05) is 24.3 Å². The number of nitrogens with one attached hydrogen (secondary N) is 1. The van der Waals surface area contributed by atoms with Crippen LogP contribution in [-0.4, -0.2) is 78.7 Å². The summed E-state index contributed by atoms with van der Waals surface area (Å²) in [5.41, 5.74) is 3.81. The zero-order chi connectivity index (χ0) is 29.9. The number of hydrogen-bond donors (Lipinski definition) is 2. The molecule has 0 radical (unpaired) electrons. The van der Waals surface area contributed by atoms with Gasteiger partial charge in [0.05, 0.1) is 18.3 Å². The van der Waals surface area contributed by atoms with Crippen molar-refractivity contribution in [2.24, 2.45) is 0 Å². The number of amides is 1. The third-order valence-electron chi connectivity index (χ3n) is 8.01. The monoisotopic (exact) mass is 583 g/mol. The maximum Gasteiger partial charge on any atom is 0.573 e. The molecule has 5 rings (SSSR count). The number of nitrogens with zero attached hydrogens (tertiary/aromatic N) is 4. The summed E-state index contributed by atoms with van der Waals surface area (Å²) in [6, 6.07) is 15.6. The van der Waals surface area contributed by atoms with Gasteiger partial charge in [-0.25, -0.2) is 4.98 Å². The third-order valence-corrected chi connectivity index (χ3v) is 8.01. The molecule has 1 amide bonds. The summed E-state index contributed by atoms with van der Waals surface area (Å²) in [7, 11) is 0. The van der Waals surface area contributed by atoms with E-state index in [4.69, 9.17) is 0 Å². The van der Waals surface area contributed by atoms with Crippen molar-refractivity contribution in [3.63, 3.8) is 0 Å². The second kappa shape index (κ2) is 12.5. The molecule has 2 saturated heterocycles. The summed E-state index contributed by atoms with van der Waals surface area (Å²) in [6.45, 7) is 6.43. The van der Waals surface area contributed by atoms with E-state index in [1.807, 2.05) is 54.0 Å². The molecular weight excluding hydrogens is 547 g/mol. The molecule has 3 aromatic rings. The van der Waals surface area contributed by atoms with Gasteiger partial charge in [-0.05, 0) is 68.1 Å². The molecular formula is C31H36F3N5O3. The van der Waals surface area contributed by atoms with E-state index in [9.17, 15) is 23.1 Å². The number of para-hydroxylation sites is 2. The molecule has 3 heterocycles. The molecule has 2 aliphatic rings. The van der Waals surface area contributed by atoms with E-state index in [0.717, 1.165) is 22.6 Å². The fraction of sp³-hybridized carbons (Fsp3) is 0.419. The molecule has 0 bridgehead atoms. The number of carbonyl (C=O) groups excluding carboxylic acids is 1. The molecule has 2 fully saturated rings. The zero-order valence-corrected chi connectivity index (χ0v) is 23.8. The third kappa shape index (κ3) is 6.73. The van der Waals surface area contributed by atoms with E-state index in [2.05, 4.69) is 15.0 Å². The van der Waals surface area contributed by atoms with Gasteiger partial charge in [-0.15, -0.1) is 13.2 Å². The molecule has 2 aliphatic heterocycles. The Morgan fingerprint density at radius 3 is 2.45 bits per heavy atom. The highest BCUT2D eigenvalue weighted by atomic mass is 19.4. The Hall–Kier alpha value is -3.99. The highest BCUT2D eigenvalue weighted by Crippen LogP contribution is 2.35. The lowest BCUT2D eigenvalue weighted by molar-refractivity contribution is -0.274. The summed E-state index contributed by atoms with van der Waals surface area (Å²) in [5.74, 6) is 0.507. The number of hydrogen-bond acceptors (Lipinski definition) is 7. The van der Waals surface area contributed by atoms with Crippen LogP contribution in [0.3, 0.4) is 0 Å². The lowest BCUT2D eigenvalue weighted by Gasteiger charge is -2.41. The van der Waals surface area contributed by atoms with Gasteiger partial charge >= 0.3 is 6.36 Å². The summed E-state index contributed by atoms with van der Waals surface area (Å²) >= 11 is 0. The fourth-order valence-corrected chi connectivity index (χ4v) is 5.84. The lowest BCUT2D eigenvalue weighted by Crippen LogP contribution is -2.56. The standard InChI is InChI=1S/C31H36F3N5O3/c1-21-17-22(2)26(36-23-10-13-37(14-11-23)27-7-3-4-8-28(27)42-31(32,33)34)18-25(21)30(41)38-15-16-39(24(19-38)20-40)29-9-5-6-12-35-29/h3-9,12,17-18,23-24,36,40H,10-11,13-16,19-20H2,1-2H3/t24-/m0/s1. The predicted octanol–water partition coefficient (Wildman–Crippen LogP) is 5.00. The minimum atomic E-state index is -4.75. The quantitative estimate of drug-likeness (QED) is 0.405. The molecule has 224 valence electrons. The number of aliphatic hydroxyl groups excluding tert-OH is 1. The van der Waals surface area contributed by atoms with Crippen molar-refractivity contribution in [2.75, 3.05) is 54.4 Å².